The third-order valence-electron chi connectivity index (χ3n) is 3.23. The minimum absolute atomic E-state index is 0.0142. The molecule has 1 heterocycles. The largest absolute Gasteiger partial charge is 0.350 e. The molecule has 0 fully saturated rings. The number of halogens is 2. The van der Waals surface area contributed by atoms with Crippen molar-refractivity contribution in [1.29, 1.82) is 0 Å². The van der Waals surface area contributed by atoms with Crippen LogP contribution in [0.1, 0.15) is 21.6 Å². The molecule has 0 aliphatic rings. The van der Waals surface area contributed by atoms with Crippen LogP contribution in [0.4, 0.5) is 19.4 Å². The molecule has 0 saturated carbocycles. The van der Waals surface area contributed by atoms with Crippen LogP contribution in [0.15, 0.2) is 30.3 Å². The van der Waals surface area contributed by atoms with Crippen LogP contribution in [0.2, 0.25) is 0 Å². The summed E-state index contributed by atoms with van der Waals surface area (Å²) in [4.78, 5) is 27.7. The van der Waals surface area contributed by atoms with Crippen molar-refractivity contribution in [3.05, 3.63) is 58.8 Å². The summed E-state index contributed by atoms with van der Waals surface area (Å²) in [6, 6.07) is 6.27. The zero-order chi connectivity index (χ0) is 18.4. The third-order valence-corrected chi connectivity index (χ3v) is 3.23. The van der Waals surface area contributed by atoms with Gasteiger partial charge in [-0.3, -0.25) is 10.1 Å². The molecule has 0 spiro atoms. The molecule has 0 unspecified atom stereocenters. The van der Waals surface area contributed by atoms with E-state index >= 15 is 0 Å². The molecule has 8 heteroatoms. The van der Waals surface area contributed by atoms with Gasteiger partial charge in [-0.05, 0) is 43.7 Å². The Labute approximate surface area is 143 Å². The average Bonchev–Trinajstić information content (AvgIpc) is 2.50. The van der Waals surface area contributed by atoms with Crippen molar-refractivity contribution in [3.8, 4) is 0 Å². The number of urea groups is 1. The SMILES string of the molecule is Cc1cc(C)nc(NC(=O)NCCNC(=O)c2c(F)cccc2F)c1. The monoisotopic (exact) mass is 348 g/mol. The molecule has 0 radical (unpaired) electrons. The van der Waals surface area contributed by atoms with Gasteiger partial charge in [-0.1, -0.05) is 6.07 Å². The molecule has 2 aromatic rings. The summed E-state index contributed by atoms with van der Waals surface area (Å²) in [5.41, 5.74) is 1.09. The van der Waals surface area contributed by atoms with E-state index in [1.165, 1.54) is 6.07 Å². The lowest BCUT2D eigenvalue weighted by Crippen LogP contribution is -2.37. The highest BCUT2D eigenvalue weighted by atomic mass is 19.1. The summed E-state index contributed by atoms with van der Waals surface area (Å²) in [6.45, 7) is 3.79. The fourth-order valence-corrected chi connectivity index (χ4v) is 2.22. The highest BCUT2D eigenvalue weighted by molar-refractivity contribution is 5.94. The minimum atomic E-state index is -0.941. The molecule has 0 atom stereocenters. The van der Waals surface area contributed by atoms with Gasteiger partial charge >= 0.3 is 6.03 Å². The van der Waals surface area contributed by atoms with Crippen molar-refractivity contribution in [2.45, 2.75) is 13.8 Å². The third kappa shape index (κ3) is 5.23. The lowest BCUT2D eigenvalue weighted by atomic mass is 10.2. The zero-order valence-electron chi connectivity index (χ0n) is 13.8. The molecule has 132 valence electrons. The first-order chi connectivity index (χ1) is 11.9. The Hall–Kier alpha value is -3.03. The Morgan fingerprint density at radius 1 is 1.04 bits per heavy atom. The summed E-state index contributed by atoms with van der Waals surface area (Å²) in [6.07, 6.45) is 0. The first kappa shape index (κ1) is 18.3. The predicted molar refractivity (Wildman–Crippen MR) is 89.4 cm³/mol. The predicted octanol–water partition coefficient (Wildman–Crippen LogP) is 2.53. The van der Waals surface area contributed by atoms with E-state index in [9.17, 15) is 18.4 Å². The molecule has 2 rings (SSSR count). The van der Waals surface area contributed by atoms with Crippen molar-refractivity contribution in [2.24, 2.45) is 0 Å². The second-order valence-corrected chi connectivity index (χ2v) is 5.40. The van der Waals surface area contributed by atoms with E-state index in [1.54, 1.807) is 6.07 Å². The molecule has 0 aliphatic heterocycles. The maximum Gasteiger partial charge on any atom is 0.320 e. The summed E-state index contributed by atoms with van der Waals surface area (Å²) in [5.74, 6) is -2.35. The number of aryl methyl sites for hydroxylation is 2. The number of rotatable bonds is 5. The number of pyridine rings is 1. The van der Waals surface area contributed by atoms with Gasteiger partial charge in [0.2, 0.25) is 0 Å². The van der Waals surface area contributed by atoms with Crippen LogP contribution in [0, 0.1) is 25.5 Å². The maximum absolute atomic E-state index is 13.5. The molecule has 1 aromatic carbocycles. The van der Waals surface area contributed by atoms with E-state index in [0.29, 0.717) is 5.82 Å². The molecule has 0 saturated heterocycles. The van der Waals surface area contributed by atoms with E-state index in [-0.39, 0.29) is 13.1 Å². The Balaban J connectivity index is 1.79. The van der Waals surface area contributed by atoms with Crippen LogP contribution < -0.4 is 16.0 Å². The lowest BCUT2D eigenvalue weighted by molar-refractivity contribution is 0.0945. The van der Waals surface area contributed by atoms with Crippen molar-refractivity contribution < 1.29 is 18.4 Å². The second-order valence-electron chi connectivity index (χ2n) is 5.40. The molecule has 3 amide bonds. The van der Waals surface area contributed by atoms with Crippen LogP contribution in [0.25, 0.3) is 0 Å². The number of nitrogens with one attached hydrogen (secondary N) is 3. The van der Waals surface area contributed by atoms with Crippen LogP contribution in [-0.4, -0.2) is 30.0 Å². The molecule has 25 heavy (non-hydrogen) atoms. The molecule has 6 nitrogen and oxygen atoms in total. The zero-order valence-corrected chi connectivity index (χ0v) is 13.8. The molecular formula is C17H18F2N4O2. The molecule has 1 aromatic heterocycles. The van der Waals surface area contributed by atoms with Crippen LogP contribution >= 0.6 is 0 Å². The Morgan fingerprint density at radius 2 is 1.68 bits per heavy atom. The first-order valence-corrected chi connectivity index (χ1v) is 7.59. The molecule has 0 bridgehead atoms. The van der Waals surface area contributed by atoms with Gasteiger partial charge in [0.1, 0.15) is 23.0 Å². The summed E-state index contributed by atoms with van der Waals surface area (Å²) in [5, 5.41) is 7.42. The van der Waals surface area contributed by atoms with Gasteiger partial charge in [0, 0.05) is 18.8 Å². The van der Waals surface area contributed by atoms with Gasteiger partial charge < -0.3 is 10.6 Å². The molecule has 3 N–H and O–H groups in total. The van der Waals surface area contributed by atoms with Crippen molar-refractivity contribution >= 4 is 17.8 Å². The van der Waals surface area contributed by atoms with Gasteiger partial charge in [0.05, 0.1) is 0 Å². The van der Waals surface area contributed by atoms with E-state index in [1.807, 2.05) is 19.9 Å². The van der Waals surface area contributed by atoms with Gasteiger partial charge in [-0.25, -0.2) is 18.6 Å². The van der Waals surface area contributed by atoms with Crippen LogP contribution in [-0.2, 0) is 0 Å². The lowest BCUT2D eigenvalue weighted by Gasteiger charge is -2.10. The molecular weight excluding hydrogens is 330 g/mol. The summed E-state index contributed by atoms with van der Waals surface area (Å²) in [7, 11) is 0. The number of hydrogen-bond donors (Lipinski definition) is 3. The normalized spacial score (nSPS) is 10.2. The quantitative estimate of drug-likeness (QED) is 0.726. The Morgan fingerprint density at radius 3 is 2.32 bits per heavy atom. The average molecular weight is 348 g/mol. The topological polar surface area (TPSA) is 83.1 Å². The maximum atomic E-state index is 13.5. The van der Waals surface area contributed by atoms with Gasteiger partial charge in [-0.2, -0.15) is 0 Å². The number of amides is 3. The smallest absolute Gasteiger partial charge is 0.320 e. The summed E-state index contributed by atoms with van der Waals surface area (Å²) >= 11 is 0. The highest BCUT2D eigenvalue weighted by Gasteiger charge is 2.16. The number of aromatic nitrogens is 1. The van der Waals surface area contributed by atoms with Crippen LogP contribution in [0.5, 0.6) is 0 Å². The highest BCUT2D eigenvalue weighted by Crippen LogP contribution is 2.11. The number of anilines is 1. The van der Waals surface area contributed by atoms with Crippen molar-refractivity contribution in [3.63, 3.8) is 0 Å². The number of carbonyl (C=O) groups is 2. The van der Waals surface area contributed by atoms with Gasteiger partial charge in [0.25, 0.3) is 5.91 Å². The second kappa shape index (κ2) is 8.18. The number of hydrogen-bond acceptors (Lipinski definition) is 3. The molecule has 0 aliphatic carbocycles. The Kier molecular flexibility index (Phi) is 5.99. The number of carbonyl (C=O) groups excluding carboxylic acids is 2. The van der Waals surface area contributed by atoms with Crippen molar-refractivity contribution in [2.75, 3.05) is 18.4 Å². The number of benzene rings is 1. The van der Waals surface area contributed by atoms with E-state index in [0.717, 1.165) is 23.4 Å². The fraction of sp³-hybridized carbons (Fsp3) is 0.235. The minimum Gasteiger partial charge on any atom is -0.350 e. The van der Waals surface area contributed by atoms with Gasteiger partial charge in [0.15, 0.2) is 0 Å². The van der Waals surface area contributed by atoms with Gasteiger partial charge in [-0.15, -0.1) is 0 Å². The Bertz CT molecular complexity index is 756. The van der Waals surface area contributed by atoms with E-state index < -0.39 is 29.1 Å². The van der Waals surface area contributed by atoms with E-state index in [2.05, 4.69) is 20.9 Å². The van der Waals surface area contributed by atoms with E-state index in [4.69, 9.17) is 0 Å². The summed E-state index contributed by atoms with van der Waals surface area (Å²) < 4.78 is 26.9. The standard InChI is InChI=1S/C17H18F2N4O2/c1-10-8-11(2)22-14(9-10)23-17(25)21-7-6-20-16(24)15-12(18)4-3-5-13(15)19/h3-5,8-9H,6-7H2,1-2H3,(H,20,24)(H2,21,22,23,25). The first-order valence-electron chi connectivity index (χ1n) is 7.59. The fourth-order valence-electron chi connectivity index (χ4n) is 2.22. The van der Waals surface area contributed by atoms with Crippen LogP contribution in [0.3, 0.4) is 0 Å². The number of nitrogens with zero attached hydrogens (tertiary/aromatic N) is 1. The van der Waals surface area contributed by atoms with Crippen molar-refractivity contribution in [1.82, 2.24) is 15.6 Å².